The number of carboxylic acid groups (broad SMARTS) is 1. The number of amides is 2. The van der Waals surface area contributed by atoms with Gasteiger partial charge in [0.1, 0.15) is 6.04 Å². The lowest BCUT2D eigenvalue weighted by molar-refractivity contribution is -0.140. The van der Waals surface area contributed by atoms with E-state index in [1.807, 2.05) is 13.8 Å². The quantitative estimate of drug-likeness (QED) is 0.667. The fourth-order valence-corrected chi connectivity index (χ4v) is 1.40. The summed E-state index contributed by atoms with van der Waals surface area (Å²) in [6.45, 7) is 9.53. The zero-order valence-electron chi connectivity index (χ0n) is 11.3. The minimum absolute atomic E-state index is 0.0293. The third-order valence-electron chi connectivity index (χ3n) is 3.08. The molecule has 100 valence electrons. The summed E-state index contributed by atoms with van der Waals surface area (Å²) in [6, 6.07) is -1.24. The molecule has 0 aliphatic carbocycles. The molecule has 2 unspecified atom stereocenters. The fraction of sp³-hybridized carbons (Fsp3) is 0.833. The Morgan fingerprint density at radius 2 is 1.65 bits per heavy atom. The van der Waals surface area contributed by atoms with E-state index in [2.05, 4.69) is 17.6 Å². The number of rotatable bonds is 6. The Morgan fingerprint density at radius 1 is 1.12 bits per heavy atom. The molecule has 0 aromatic heterocycles. The molecule has 0 fully saturated rings. The zero-order chi connectivity index (χ0) is 13.6. The highest BCUT2D eigenvalue weighted by Crippen LogP contribution is 2.07. The van der Waals surface area contributed by atoms with E-state index < -0.39 is 18.0 Å². The molecule has 0 spiro atoms. The highest BCUT2D eigenvalue weighted by atomic mass is 16.4. The highest BCUT2D eigenvalue weighted by molar-refractivity contribution is 5.82. The van der Waals surface area contributed by atoms with E-state index in [4.69, 9.17) is 5.11 Å². The van der Waals surface area contributed by atoms with Crippen LogP contribution in [-0.4, -0.2) is 29.2 Å². The molecule has 0 saturated carbocycles. The van der Waals surface area contributed by atoms with Crippen LogP contribution in [0.1, 0.15) is 41.0 Å². The highest BCUT2D eigenvalue weighted by Gasteiger charge is 2.24. The van der Waals surface area contributed by atoms with Crippen LogP contribution in [0, 0.1) is 11.8 Å². The van der Waals surface area contributed by atoms with Gasteiger partial charge in [-0.15, -0.1) is 0 Å². The van der Waals surface area contributed by atoms with E-state index in [-0.39, 0.29) is 12.0 Å². The predicted molar refractivity (Wildman–Crippen MR) is 66.8 cm³/mol. The number of urea groups is 1. The van der Waals surface area contributed by atoms with Crippen molar-refractivity contribution in [1.82, 2.24) is 10.6 Å². The van der Waals surface area contributed by atoms with Crippen molar-refractivity contribution in [3.05, 3.63) is 0 Å². The van der Waals surface area contributed by atoms with Crippen LogP contribution in [0.15, 0.2) is 0 Å². The van der Waals surface area contributed by atoms with Gasteiger partial charge in [0.05, 0.1) is 0 Å². The first kappa shape index (κ1) is 15.7. The third kappa shape index (κ3) is 5.56. The topological polar surface area (TPSA) is 78.4 Å². The molecule has 0 aromatic rings. The Hall–Kier alpha value is -1.26. The molecule has 0 aliphatic rings. The van der Waals surface area contributed by atoms with Crippen molar-refractivity contribution in [2.75, 3.05) is 0 Å². The first-order valence-corrected chi connectivity index (χ1v) is 6.09. The van der Waals surface area contributed by atoms with Crippen LogP contribution in [0.4, 0.5) is 4.79 Å². The van der Waals surface area contributed by atoms with Crippen LogP contribution in [0.3, 0.4) is 0 Å². The van der Waals surface area contributed by atoms with Gasteiger partial charge < -0.3 is 15.7 Å². The standard InChI is InChI=1S/C12H24N2O3/c1-6-8(4)9(5)13-12(17)14-10(7(2)3)11(15)16/h7-10H,6H2,1-5H3,(H,15,16)(H2,13,14,17)/t8?,9?,10-/m0/s1. The van der Waals surface area contributed by atoms with E-state index in [0.717, 1.165) is 6.42 Å². The normalized spacial score (nSPS) is 16.1. The molecule has 5 heteroatoms. The summed E-state index contributed by atoms with van der Waals surface area (Å²) in [4.78, 5) is 22.5. The third-order valence-corrected chi connectivity index (χ3v) is 3.08. The minimum Gasteiger partial charge on any atom is -0.480 e. The van der Waals surface area contributed by atoms with E-state index in [9.17, 15) is 9.59 Å². The SMILES string of the molecule is CCC(C)C(C)NC(=O)N[C@H](C(=O)O)C(C)C. The lowest BCUT2D eigenvalue weighted by atomic mass is 10.0. The van der Waals surface area contributed by atoms with Gasteiger partial charge in [-0.05, 0) is 18.8 Å². The van der Waals surface area contributed by atoms with Gasteiger partial charge in [0.2, 0.25) is 0 Å². The molecule has 0 bridgehead atoms. The van der Waals surface area contributed by atoms with Crippen LogP contribution < -0.4 is 10.6 Å². The average molecular weight is 244 g/mol. The summed E-state index contributed by atoms with van der Waals surface area (Å²) < 4.78 is 0. The smallest absolute Gasteiger partial charge is 0.326 e. The number of carboxylic acids is 1. The second-order valence-electron chi connectivity index (χ2n) is 4.85. The van der Waals surface area contributed by atoms with Crippen LogP contribution in [0.5, 0.6) is 0 Å². The number of carbonyl (C=O) groups is 2. The van der Waals surface area contributed by atoms with Gasteiger partial charge in [-0.2, -0.15) is 0 Å². The summed E-state index contributed by atoms with van der Waals surface area (Å²) >= 11 is 0. The second kappa shape index (κ2) is 7.14. The summed E-state index contributed by atoms with van der Waals surface area (Å²) in [5, 5.41) is 14.2. The van der Waals surface area contributed by atoms with E-state index in [0.29, 0.717) is 5.92 Å². The molecule has 0 saturated heterocycles. The van der Waals surface area contributed by atoms with E-state index in [1.165, 1.54) is 0 Å². The maximum Gasteiger partial charge on any atom is 0.326 e. The minimum atomic E-state index is -1.01. The van der Waals surface area contributed by atoms with Crippen LogP contribution in [0.25, 0.3) is 0 Å². The van der Waals surface area contributed by atoms with Crippen LogP contribution in [0.2, 0.25) is 0 Å². The van der Waals surface area contributed by atoms with E-state index in [1.54, 1.807) is 13.8 Å². The molecular formula is C12H24N2O3. The molecule has 5 nitrogen and oxygen atoms in total. The molecule has 2 amide bonds. The predicted octanol–water partition coefficient (Wildman–Crippen LogP) is 1.83. The van der Waals surface area contributed by atoms with Crippen molar-refractivity contribution >= 4 is 12.0 Å². The maximum absolute atomic E-state index is 11.6. The molecule has 0 aromatic carbocycles. The molecular weight excluding hydrogens is 220 g/mol. The molecule has 17 heavy (non-hydrogen) atoms. The van der Waals surface area contributed by atoms with Crippen LogP contribution >= 0.6 is 0 Å². The molecule has 0 heterocycles. The summed E-state index contributed by atoms with van der Waals surface area (Å²) in [7, 11) is 0. The van der Waals surface area contributed by atoms with Crippen LogP contribution in [-0.2, 0) is 4.79 Å². The van der Waals surface area contributed by atoms with Gasteiger partial charge in [-0.3, -0.25) is 0 Å². The molecule has 3 atom stereocenters. The van der Waals surface area contributed by atoms with Crippen molar-refractivity contribution < 1.29 is 14.7 Å². The van der Waals surface area contributed by atoms with Gasteiger partial charge in [-0.1, -0.05) is 34.1 Å². The fourth-order valence-electron chi connectivity index (χ4n) is 1.40. The van der Waals surface area contributed by atoms with E-state index >= 15 is 0 Å². The van der Waals surface area contributed by atoms with Crippen molar-refractivity contribution in [3.63, 3.8) is 0 Å². The van der Waals surface area contributed by atoms with Crippen molar-refractivity contribution in [2.24, 2.45) is 11.8 Å². The number of hydrogen-bond donors (Lipinski definition) is 3. The Bertz CT molecular complexity index is 266. The van der Waals surface area contributed by atoms with Crippen molar-refractivity contribution in [1.29, 1.82) is 0 Å². The van der Waals surface area contributed by atoms with Gasteiger partial charge >= 0.3 is 12.0 Å². The average Bonchev–Trinajstić information content (AvgIpc) is 2.23. The second-order valence-corrected chi connectivity index (χ2v) is 4.85. The lowest BCUT2D eigenvalue weighted by Crippen LogP contribution is -2.51. The van der Waals surface area contributed by atoms with Crippen molar-refractivity contribution in [3.8, 4) is 0 Å². The first-order valence-electron chi connectivity index (χ1n) is 6.09. The van der Waals surface area contributed by atoms with Gasteiger partial charge in [-0.25, -0.2) is 9.59 Å². The molecule has 0 radical (unpaired) electrons. The lowest BCUT2D eigenvalue weighted by Gasteiger charge is -2.23. The molecule has 3 N–H and O–H groups in total. The first-order chi connectivity index (χ1) is 7.79. The number of nitrogens with one attached hydrogen (secondary N) is 2. The van der Waals surface area contributed by atoms with Gasteiger partial charge in [0, 0.05) is 6.04 Å². The van der Waals surface area contributed by atoms with Crippen molar-refractivity contribution in [2.45, 2.75) is 53.1 Å². The number of hydrogen-bond acceptors (Lipinski definition) is 2. The Labute approximate surface area is 103 Å². The van der Waals surface area contributed by atoms with Gasteiger partial charge in [0.15, 0.2) is 0 Å². The Balaban J connectivity index is 4.29. The maximum atomic E-state index is 11.6. The summed E-state index contributed by atoms with van der Waals surface area (Å²) in [5.41, 5.74) is 0. The largest absolute Gasteiger partial charge is 0.480 e. The zero-order valence-corrected chi connectivity index (χ0v) is 11.3. The Kier molecular flexibility index (Phi) is 6.61. The summed E-state index contributed by atoms with van der Waals surface area (Å²) in [5.74, 6) is -0.786. The number of carbonyl (C=O) groups excluding carboxylic acids is 1. The summed E-state index contributed by atoms with van der Waals surface area (Å²) in [6.07, 6.45) is 0.966. The molecule has 0 aliphatic heterocycles. The molecule has 0 rings (SSSR count). The number of aliphatic carboxylic acids is 1. The Morgan fingerprint density at radius 3 is 2.00 bits per heavy atom. The monoisotopic (exact) mass is 244 g/mol. The van der Waals surface area contributed by atoms with Gasteiger partial charge in [0.25, 0.3) is 0 Å².